The Balaban J connectivity index is 3.00. The van der Waals surface area contributed by atoms with Crippen LogP contribution in [0.2, 0.25) is 0 Å². The monoisotopic (exact) mass is 123 g/mol. The van der Waals surface area contributed by atoms with Crippen LogP contribution in [0.15, 0.2) is 24.3 Å². The van der Waals surface area contributed by atoms with E-state index >= 15 is 0 Å². The molecule has 1 aromatic carbocycles. The highest BCUT2D eigenvalue weighted by Gasteiger charge is 1.86. The zero-order valence-corrected chi connectivity index (χ0v) is 4.66. The van der Waals surface area contributed by atoms with Crippen LogP contribution in [0.4, 0.5) is 0 Å². The Morgan fingerprint density at radius 2 is 2.00 bits per heavy atom. The molecule has 0 aliphatic heterocycles. The summed E-state index contributed by atoms with van der Waals surface area (Å²) in [5.41, 5.74) is 0.290. The third-order valence-electron chi connectivity index (χ3n) is 0.985. The van der Waals surface area contributed by atoms with E-state index in [2.05, 4.69) is 0 Å². The minimum atomic E-state index is -0.736. The highest BCUT2D eigenvalue weighted by atomic mass is 16.3. The molecule has 1 N–H and O–H groups in total. The van der Waals surface area contributed by atoms with Crippen LogP contribution in [-0.4, -0.2) is 11.4 Å². The molecule has 0 spiro atoms. The van der Waals surface area contributed by atoms with Crippen molar-refractivity contribution in [1.82, 2.24) is 0 Å². The molecule has 2 heteroatoms. The minimum absolute atomic E-state index is 0.102. The first-order chi connectivity index (χ1) is 4.70. The van der Waals surface area contributed by atoms with Gasteiger partial charge >= 0.3 is 0 Å². The minimum Gasteiger partial charge on any atom is -0.508 e. The van der Waals surface area contributed by atoms with Gasteiger partial charge in [-0.1, -0.05) is 0 Å². The number of hydrogen-bond donors (Lipinski definition) is 1. The van der Waals surface area contributed by atoms with Gasteiger partial charge in [-0.3, -0.25) is 4.79 Å². The van der Waals surface area contributed by atoms with E-state index in [9.17, 15) is 4.79 Å². The fourth-order valence-corrected chi connectivity index (χ4v) is 0.529. The first kappa shape index (κ1) is 4.56. The summed E-state index contributed by atoms with van der Waals surface area (Å²) in [5, 5.41) is 8.77. The second-order valence-electron chi connectivity index (χ2n) is 1.65. The van der Waals surface area contributed by atoms with Crippen LogP contribution in [-0.2, 0) is 0 Å². The zero-order valence-electron chi connectivity index (χ0n) is 5.66. The number of aldehydes is 1. The van der Waals surface area contributed by atoms with Gasteiger partial charge in [-0.15, -0.1) is 0 Å². The number of aromatic hydroxyl groups is 1. The number of carbonyl (C=O) groups is 1. The Bertz CT molecular complexity index is 240. The standard InChI is InChI=1S/C7H6O2/c8-5-6-1-3-7(9)4-2-6/h1-5,9H/i5D. The van der Waals surface area contributed by atoms with Crippen LogP contribution in [0.5, 0.6) is 5.75 Å². The molecule has 0 atom stereocenters. The van der Waals surface area contributed by atoms with E-state index in [-0.39, 0.29) is 11.3 Å². The maximum Gasteiger partial charge on any atom is 0.150 e. The molecule has 0 unspecified atom stereocenters. The molecule has 0 heterocycles. The summed E-state index contributed by atoms with van der Waals surface area (Å²) in [5.74, 6) is 0.102. The summed E-state index contributed by atoms with van der Waals surface area (Å²) in [4.78, 5) is 10.3. The van der Waals surface area contributed by atoms with E-state index < -0.39 is 6.26 Å². The highest BCUT2D eigenvalue weighted by Crippen LogP contribution is 2.07. The molecule has 1 aromatic rings. The summed E-state index contributed by atoms with van der Waals surface area (Å²) < 4.78 is 6.67. The highest BCUT2D eigenvalue weighted by molar-refractivity contribution is 5.74. The molecule has 2 nitrogen and oxygen atoms in total. The van der Waals surface area contributed by atoms with Gasteiger partial charge in [0.2, 0.25) is 0 Å². The second kappa shape index (κ2) is 2.31. The molecule has 9 heavy (non-hydrogen) atoms. The van der Waals surface area contributed by atoms with E-state index in [1.165, 1.54) is 24.3 Å². The van der Waals surface area contributed by atoms with Crippen LogP contribution in [0.1, 0.15) is 11.7 Å². The first-order valence-electron chi connectivity index (χ1n) is 3.00. The van der Waals surface area contributed by atoms with Gasteiger partial charge in [-0.25, -0.2) is 0 Å². The summed E-state index contributed by atoms with van der Waals surface area (Å²) in [6.45, 7) is 0. The fraction of sp³-hybridized carbons (Fsp3) is 0. The van der Waals surface area contributed by atoms with Crippen molar-refractivity contribution in [3.63, 3.8) is 0 Å². The largest absolute Gasteiger partial charge is 0.508 e. The zero-order chi connectivity index (χ0) is 7.56. The average molecular weight is 123 g/mol. The van der Waals surface area contributed by atoms with Crippen LogP contribution in [0.3, 0.4) is 0 Å². The van der Waals surface area contributed by atoms with Gasteiger partial charge in [-0.05, 0) is 24.3 Å². The average Bonchev–Trinajstić information content (AvgIpc) is 1.88. The smallest absolute Gasteiger partial charge is 0.150 e. The summed E-state index contributed by atoms with van der Waals surface area (Å²) in [6, 6.07) is 5.57. The Kier molecular flexibility index (Phi) is 1.17. The van der Waals surface area contributed by atoms with Crippen molar-refractivity contribution in [2.24, 2.45) is 0 Å². The van der Waals surface area contributed by atoms with Crippen LogP contribution < -0.4 is 0 Å². The Morgan fingerprint density at radius 1 is 1.44 bits per heavy atom. The van der Waals surface area contributed by atoms with Crippen molar-refractivity contribution in [2.45, 2.75) is 0 Å². The summed E-state index contributed by atoms with van der Waals surface area (Å²) in [7, 11) is 0. The normalized spacial score (nSPS) is 10.4. The van der Waals surface area contributed by atoms with Crippen molar-refractivity contribution < 1.29 is 11.3 Å². The molecular weight excluding hydrogens is 116 g/mol. The van der Waals surface area contributed by atoms with Gasteiger partial charge in [0.25, 0.3) is 0 Å². The number of phenolic OH excluding ortho intramolecular Hbond substituents is 1. The third-order valence-corrected chi connectivity index (χ3v) is 0.985. The van der Waals surface area contributed by atoms with E-state index in [0.717, 1.165) is 0 Å². The van der Waals surface area contributed by atoms with Crippen LogP contribution >= 0.6 is 0 Å². The van der Waals surface area contributed by atoms with Crippen molar-refractivity contribution in [1.29, 1.82) is 0 Å². The van der Waals surface area contributed by atoms with Crippen LogP contribution in [0, 0.1) is 0 Å². The lowest BCUT2D eigenvalue weighted by Crippen LogP contribution is -1.74. The van der Waals surface area contributed by atoms with E-state index in [1.54, 1.807) is 0 Å². The van der Waals surface area contributed by atoms with Crippen molar-refractivity contribution in [2.75, 3.05) is 0 Å². The molecule has 1 rings (SSSR count). The summed E-state index contributed by atoms with van der Waals surface area (Å²) >= 11 is 0. The number of phenols is 1. The number of carbonyl (C=O) groups excluding carboxylic acids is 1. The molecule has 46 valence electrons. The number of hydrogen-bond acceptors (Lipinski definition) is 2. The van der Waals surface area contributed by atoms with Gasteiger partial charge in [0.05, 0.1) is 0 Å². The van der Waals surface area contributed by atoms with E-state index in [1.807, 2.05) is 0 Å². The van der Waals surface area contributed by atoms with E-state index in [4.69, 9.17) is 6.48 Å². The van der Waals surface area contributed by atoms with Gasteiger partial charge in [0, 0.05) is 5.56 Å². The van der Waals surface area contributed by atoms with Crippen molar-refractivity contribution >= 4 is 6.26 Å². The maximum atomic E-state index is 10.3. The molecular formula is C7H6O2. The van der Waals surface area contributed by atoms with Crippen LogP contribution in [0.25, 0.3) is 0 Å². The molecule has 0 amide bonds. The van der Waals surface area contributed by atoms with Crippen molar-refractivity contribution in [3.8, 4) is 5.75 Å². The molecule has 0 radical (unpaired) electrons. The maximum absolute atomic E-state index is 10.3. The third kappa shape index (κ3) is 1.29. The topological polar surface area (TPSA) is 37.3 Å². The molecule has 0 saturated carbocycles. The van der Waals surface area contributed by atoms with Gasteiger partial charge < -0.3 is 5.11 Å². The lowest BCUT2D eigenvalue weighted by atomic mass is 10.2. The Hall–Kier alpha value is -1.31. The van der Waals surface area contributed by atoms with Gasteiger partial charge in [-0.2, -0.15) is 0 Å². The summed E-state index contributed by atoms with van der Waals surface area (Å²) in [6.07, 6.45) is -0.736. The predicted octanol–water partition coefficient (Wildman–Crippen LogP) is 1.20. The number of benzene rings is 1. The SMILES string of the molecule is [2H]C(=O)c1ccc(O)cc1. The first-order valence-corrected chi connectivity index (χ1v) is 2.50. The number of rotatable bonds is 1. The molecule has 0 aliphatic rings. The molecule has 0 aromatic heterocycles. The molecule has 0 aliphatic carbocycles. The lowest BCUT2D eigenvalue weighted by Gasteiger charge is -1.88. The lowest BCUT2D eigenvalue weighted by molar-refractivity contribution is 0.112. The Morgan fingerprint density at radius 3 is 2.44 bits per heavy atom. The predicted molar refractivity (Wildman–Crippen MR) is 33.5 cm³/mol. The Labute approximate surface area is 54.2 Å². The van der Waals surface area contributed by atoms with Crippen molar-refractivity contribution in [3.05, 3.63) is 29.8 Å². The molecule has 0 saturated heterocycles. The van der Waals surface area contributed by atoms with E-state index in [0.29, 0.717) is 0 Å². The quantitative estimate of drug-likeness (QED) is 0.570. The molecule has 0 bridgehead atoms. The second-order valence-corrected chi connectivity index (χ2v) is 1.65. The molecule has 0 fully saturated rings. The van der Waals surface area contributed by atoms with Gasteiger partial charge in [0.1, 0.15) is 13.4 Å². The fourth-order valence-electron chi connectivity index (χ4n) is 0.529. The van der Waals surface area contributed by atoms with Gasteiger partial charge in [0.15, 0.2) is 0 Å².